The minimum absolute atomic E-state index is 0.0639. The Bertz CT molecular complexity index is 888. The molecule has 0 aliphatic rings. The van der Waals surface area contributed by atoms with E-state index in [1.165, 1.54) is 35.0 Å². The van der Waals surface area contributed by atoms with E-state index in [-0.39, 0.29) is 5.78 Å². The number of anilines is 2. The molecule has 148 valence electrons. The summed E-state index contributed by atoms with van der Waals surface area (Å²) in [6.07, 6.45) is 0. The lowest BCUT2D eigenvalue weighted by Crippen LogP contribution is -2.41. The number of ether oxygens (including phenoxy) is 2. The van der Waals surface area contributed by atoms with E-state index in [1.807, 2.05) is 0 Å². The van der Waals surface area contributed by atoms with Crippen LogP contribution in [0.15, 0.2) is 42.5 Å². The second-order valence-corrected chi connectivity index (χ2v) is 6.73. The van der Waals surface area contributed by atoms with Gasteiger partial charge in [0.1, 0.15) is 16.9 Å². The van der Waals surface area contributed by atoms with Crippen molar-refractivity contribution in [3.05, 3.63) is 48.0 Å². The highest BCUT2D eigenvalue weighted by atomic mass is 16.5. The van der Waals surface area contributed by atoms with Crippen LogP contribution >= 0.6 is 0 Å². The molecule has 28 heavy (non-hydrogen) atoms. The Labute approximate surface area is 164 Å². The Balaban J connectivity index is 2.13. The third kappa shape index (κ3) is 4.68. The van der Waals surface area contributed by atoms with E-state index in [0.29, 0.717) is 28.4 Å². The highest BCUT2D eigenvalue weighted by molar-refractivity contribution is 6.14. The fourth-order valence-corrected chi connectivity index (χ4v) is 2.36. The molecule has 2 rings (SSSR count). The van der Waals surface area contributed by atoms with Crippen LogP contribution in [0.25, 0.3) is 0 Å². The average molecular weight is 384 g/mol. The smallest absolute Gasteiger partial charge is 0.239 e. The van der Waals surface area contributed by atoms with Crippen LogP contribution in [0, 0.1) is 5.41 Å². The number of nitrogens with one attached hydrogen (secondary N) is 2. The van der Waals surface area contributed by atoms with Crippen molar-refractivity contribution >= 4 is 29.0 Å². The van der Waals surface area contributed by atoms with Gasteiger partial charge in [-0.05, 0) is 57.2 Å². The Morgan fingerprint density at radius 2 is 1.46 bits per heavy atom. The third-order valence-corrected chi connectivity index (χ3v) is 4.34. The topological polar surface area (TPSA) is 93.7 Å². The quantitative estimate of drug-likeness (QED) is 0.563. The zero-order valence-electron chi connectivity index (χ0n) is 16.6. The number of methoxy groups -OCH3 is 2. The molecule has 2 aromatic rings. The molecule has 0 aliphatic carbocycles. The number of ketones is 1. The maximum absolute atomic E-state index is 12.7. The molecule has 0 bridgehead atoms. The van der Waals surface area contributed by atoms with Gasteiger partial charge in [0.15, 0.2) is 5.78 Å². The van der Waals surface area contributed by atoms with Gasteiger partial charge in [-0.1, -0.05) is 0 Å². The van der Waals surface area contributed by atoms with Crippen molar-refractivity contribution in [3.8, 4) is 11.5 Å². The number of hydrogen-bond donors (Lipinski definition) is 2. The SMILES string of the molecule is COc1ccc(NC(=O)C(C)(C)C(=O)Nc2ccc(C(C)=O)cc2)c(OC)c1. The van der Waals surface area contributed by atoms with Gasteiger partial charge < -0.3 is 20.1 Å². The standard InChI is InChI=1S/C21H24N2O5/c1-13(24)14-6-8-15(9-7-14)22-19(25)21(2,3)20(26)23-17-11-10-16(27-4)12-18(17)28-5/h6-12H,1-5H3,(H,22,25)(H,23,26). The molecule has 0 spiro atoms. The van der Waals surface area contributed by atoms with Gasteiger partial charge in [0.25, 0.3) is 0 Å². The number of rotatable bonds is 7. The summed E-state index contributed by atoms with van der Waals surface area (Å²) in [5, 5.41) is 5.42. The largest absolute Gasteiger partial charge is 0.497 e. The van der Waals surface area contributed by atoms with Crippen LogP contribution in [0.3, 0.4) is 0 Å². The fourth-order valence-electron chi connectivity index (χ4n) is 2.36. The molecule has 0 heterocycles. The van der Waals surface area contributed by atoms with Gasteiger partial charge in [-0.2, -0.15) is 0 Å². The van der Waals surface area contributed by atoms with Crippen molar-refractivity contribution in [2.24, 2.45) is 5.41 Å². The maximum Gasteiger partial charge on any atom is 0.239 e. The van der Waals surface area contributed by atoms with Gasteiger partial charge in [0.05, 0.1) is 19.9 Å². The Kier molecular flexibility index (Phi) is 6.41. The average Bonchev–Trinajstić information content (AvgIpc) is 2.68. The summed E-state index contributed by atoms with van der Waals surface area (Å²) in [5.74, 6) is -0.0301. The number of carbonyl (C=O) groups is 3. The molecule has 0 saturated carbocycles. The summed E-state index contributed by atoms with van der Waals surface area (Å²) in [5.41, 5.74) is 0.115. The summed E-state index contributed by atoms with van der Waals surface area (Å²) in [4.78, 5) is 36.7. The summed E-state index contributed by atoms with van der Waals surface area (Å²) in [7, 11) is 3.01. The van der Waals surface area contributed by atoms with Crippen molar-refractivity contribution in [3.63, 3.8) is 0 Å². The molecule has 7 nitrogen and oxygen atoms in total. The summed E-state index contributed by atoms with van der Waals surface area (Å²) in [6, 6.07) is 11.4. The molecule has 0 atom stereocenters. The highest BCUT2D eigenvalue weighted by Gasteiger charge is 2.36. The molecule has 2 amide bonds. The van der Waals surface area contributed by atoms with Crippen LogP contribution in [-0.4, -0.2) is 31.8 Å². The van der Waals surface area contributed by atoms with Crippen LogP contribution in [0.1, 0.15) is 31.1 Å². The normalized spacial score (nSPS) is 10.8. The van der Waals surface area contributed by atoms with E-state index in [2.05, 4.69) is 10.6 Å². The van der Waals surface area contributed by atoms with Crippen LogP contribution in [0.2, 0.25) is 0 Å². The predicted molar refractivity (Wildman–Crippen MR) is 107 cm³/mol. The number of Topliss-reactive ketones (excluding diaryl/α,β-unsaturated/α-hetero) is 1. The second-order valence-electron chi connectivity index (χ2n) is 6.73. The van der Waals surface area contributed by atoms with E-state index >= 15 is 0 Å². The zero-order chi connectivity index (χ0) is 20.9. The van der Waals surface area contributed by atoms with Crippen molar-refractivity contribution in [2.75, 3.05) is 24.9 Å². The molecule has 0 fully saturated rings. The van der Waals surface area contributed by atoms with Crippen molar-refractivity contribution in [1.29, 1.82) is 0 Å². The predicted octanol–water partition coefficient (Wildman–Crippen LogP) is 3.51. The van der Waals surface area contributed by atoms with E-state index < -0.39 is 17.2 Å². The van der Waals surface area contributed by atoms with Crippen LogP contribution in [0.5, 0.6) is 11.5 Å². The molecule has 2 N–H and O–H groups in total. The molecule has 0 aliphatic heterocycles. The van der Waals surface area contributed by atoms with Gasteiger partial charge in [-0.25, -0.2) is 0 Å². The van der Waals surface area contributed by atoms with Gasteiger partial charge in [0.2, 0.25) is 11.8 Å². The molecule has 0 aromatic heterocycles. The lowest BCUT2D eigenvalue weighted by Gasteiger charge is -2.23. The maximum atomic E-state index is 12.7. The third-order valence-electron chi connectivity index (χ3n) is 4.34. The number of amides is 2. The summed E-state index contributed by atoms with van der Waals surface area (Å²) < 4.78 is 10.4. The van der Waals surface area contributed by atoms with E-state index in [1.54, 1.807) is 42.5 Å². The van der Waals surface area contributed by atoms with E-state index in [0.717, 1.165) is 0 Å². The highest BCUT2D eigenvalue weighted by Crippen LogP contribution is 2.31. The van der Waals surface area contributed by atoms with Crippen LogP contribution < -0.4 is 20.1 Å². The van der Waals surface area contributed by atoms with E-state index in [9.17, 15) is 14.4 Å². The zero-order valence-corrected chi connectivity index (χ0v) is 16.6. The fraction of sp³-hybridized carbons (Fsp3) is 0.286. The van der Waals surface area contributed by atoms with Gasteiger partial charge in [-0.15, -0.1) is 0 Å². The minimum Gasteiger partial charge on any atom is -0.497 e. The lowest BCUT2D eigenvalue weighted by molar-refractivity contribution is -0.135. The van der Waals surface area contributed by atoms with Crippen LogP contribution in [-0.2, 0) is 9.59 Å². The van der Waals surface area contributed by atoms with Gasteiger partial charge in [0, 0.05) is 17.3 Å². The first kappa shape index (κ1) is 21.0. The molecular weight excluding hydrogens is 360 g/mol. The monoisotopic (exact) mass is 384 g/mol. The van der Waals surface area contributed by atoms with Crippen molar-refractivity contribution < 1.29 is 23.9 Å². The van der Waals surface area contributed by atoms with Crippen molar-refractivity contribution in [1.82, 2.24) is 0 Å². The number of hydrogen-bond acceptors (Lipinski definition) is 5. The molecule has 0 saturated heterocycles. The summed E-state index contributed by atoms with van der Waals surface area (Å²) in [6.45, 7) is 4.52. The molecular formula is C21H24N2O5. The molecule has 2 aromatic carbocycles. The second kappa shape index (κ2) is 8.56. The first-order valence-electron chi connectivity index (χ1n) is 8.65. The Hall–Kier alpha value is -3.35. The Morgan fingerprint density at radius 3 is 2.00 bits per heavy atom. The minimum atomic E-state index is -1.36. The first-order valence-corrected chi connectivity index (χ1v) is 8.65. The Morgan fingerprint density at radius 1 is 0.857 bits per heavy atom. The lowest BCUT2D eigenvalue weighted by atomic mass is 9.90. The number of benzene rings is 2. The summed E-state index contributed by atoms with van der Waals surface area (Å²) >= 11 is 0. The molecule has 0 radical (unpaired) electrons. The molecule has 7 heteroatoms. The number of carbonyl (C=O) groups excluding carboxylic acids is 3. The van der Waals surface area contributed by atoms with Crippen LogP contribution in [0.4, 0.5) is 11.4 Å². The van der Waals surface area contributed by atoms with Crippen molar-refractivity contribution in [2.45, 2.75) is 20.8 Å². The molecule has 0 unspecified atom stereocenters. The van der Waals surface area contributed by atoms with Gasteiger partial charge >= 0.3 is 0 Å². The first-order chi connectivity index (χ1) is 13.2. The van der Waals surface area contributed by atoms with Gasteiger partial charge in [-0.3, -0.25) is 14.4 Å². The van der Waals surface area contributed by atoms with E-state index in [4.69, 9.17) is 9.47 Å².